The van der Waals surface area contributed by atoms with Crippen LogP contribution in [0.25, 0.3) is 0 Å². The van der Waals surface area contributed by atoms with Crippen molar-refractivity contribution in [3.05, 3.63) is 35.9 Å². The van der Waals surface area contributed by atoms with Crippen molar-refractivity contribution in [3.63, 3.8) is 0 Å². The van der Waals surface area contributed by atoms with Gasteiger partial charge in [0, 0.05) is 50.1 Å². The summed E-state index contributed by atoms with van der Waals surface area (Å²) in [5.74, 6) is 2.60. The first kappa shape index (κ1) is 19.1. The number of carbonyl (C=O) groups is 2. The van der Waals surface area contributed by atoms with Crippen LogP contribution in [0, 0.1) is 5.92 Å². The van der Waals surface area contributed by atoms with Gasteiger partial charge < -0.3 is 15.1 Å². The number of hydrogen-bond acceptors (Lipinski definition) is 3. The van der Waals surface area contributed by atoms with E-state index in [1.165, 1.54) is 0 Å². The Hall–Kier alpha value is -1.69. The molecule has 0 unspecified atom stereocenters. The molecule has 0 bridgehead atoms. The van der Waals surface area contributed by atoms with Gasteiger partial charge in [0.2, 0.25) is 5.91 Å². The van der Waals surface area contributed by atoms with Crippen molar-refractivity contribution < 1.29 is 9.59 Å². The van der Waals surface area contributed by atoms with Crippen LogP contribution in [-0.2, 0) is 11.3 Å². The van der Waals surface area contributed by atoms with Crippen molar-refractivity contribution in [1.29, 1.82) is 0 Å². The standard InChI is InChI=1S/C20H29N3O2S/c1-22(15-16-5-3-2-4-6-16)20(25)21-18-9-7-17(8-10-18)19(24)23-11-13-26-14-12-23/h2-6,17-18H,7-15H2,1H3,(H,21,25). The largest absolute Gasteiger partial charge is 0.341 e. The molecule has 0 aromatic heterocycles. The number of benzene rings is 1. The fourth-order valence-corrected chi connectivity index (χ4v) is 4.64. The van der Waals surface area contributed by atoms with E-state index in [2.05, 4.69) is 5.32 Å². The molecule has 2 aliphatic rings. The molecule has 3 amide bonds. The number of nitrogens with one attached hydrogen (secondary N) is 1. The quantitative estimate of drug-likeness (QED) is 0.880. The lowest BCUT2D eigenvalue weighted by Gasteiger charge is -2.34. The molecule has 3 rings (SSSR count). The first-order chi connectivity index (χ1) is 12.6. The van der Waals surface area contributed by atoms with E-state index in [0.717, 1.165) is 55.8 Å². The molecule has 1 saturated heterocycles. The first-order valence-corrected chi connectivity index (χ1v) is 10.7. The van der Waals surface area contributed by atoms with Crippen LogP contribution in [0.5, 0.6) is 0 Å². The zero-order chi connectivity index (χ0) is 18.4. The van der Waals surface area contributed by atoms with Crippen molar-refractivity contribution in [2.75, 3.05) is 31.6 Å². The van der Waals surface area contributed by atoms with Crippen LogP contribution in [0.15, 0.2) is 30.3 Å². The van der Waals surface area contributed by atoms with Crippen LogP contribution in [0.2, 0.25) is 0 Å². The molecule has 1 N–H and O–H groups in total. The molecule has 2 fully saturated rings. The monoisotopic (exact) mass is 375 g/mol. The molecule has 0 radical (unpaired) electrons. The summed E-state index contributed by atoms with van der Waals surface area (Å²) in [5, 5.41) is 3.14. The average Bonchev–Trinajstić information content (AvgIpc) is 2.69. The highest BCUT2D eigenvalue weighted by molar-refractivity contribution is 7.99. The third-order valence-corrected chi connectivity index (χ3v) is 6.28. The zero-order valence-electron chi connectivity index (χ0n) is 15.5. The van der Waals surface area contributed by atoms with E-state index < -0.39 is 0 Å². The summed E-state index contributed by atoms with van der Waals surface area (Å²) in [5.41, 5.74) is 1.12. The van der Waals surface area contributed by atoms with E-state index in [0.29, 0.717) is 12.5 Å². The van der Waals surface area contributed by atoms with E-state index in [1.54, 1.807) is 4.90 Å². The third-order valence-electron chi connectivity index (χ3n) is 5.34. The summed E-state index contributed by atoms with van der Waals surface area (Å²) in [6.45, 7) is 2.39. The third kappa shape index (κ3) is 5.16. The number of nitrogens with zero attached hydrogens (tertiary/aromatic N) is 2. The minimum atomic E-state index is -0.0308. The minimum Gasteiger partial charge on any atom is -0.341 e. The molecule has 0 atom stereocenters. The average molecular weight is 376 g/mol. The fraction of sp³-hybridized carbons (Fsp3) is 0.600. The Morgan fingerprint density at radius 1 is 1.12 bits per heavy atom. The van der Waals surface area contributed by atoms with E-state index in [-0.39, 0.29) is 18.0 Å². The Morgan fingerprint density at radius 3 is 2.42 bits per heavy atom. The molecule has 26 heavy (non-hydrogen) atoms. The number of urea groups is 1. The normalized spacial score (nSPS) is 23.3. The lowest BCUT2D eigenvalue weighted by molar-refractivity contribution is -0.136. The molecule has 1 aromatic rings. The van der Waals surface area contributed by atoms with Crippen LogP contribution in [0.4, 0.5) is 4.79 Å². The zero-order valence-corrected chi connectivity index (χ0v) is 16.3. The van der Waals surface area contributed by atoms with Crippen LogP contribution < -0.4 is 5.32 Å². The highest BCUT2D eigenvalue weighted by Crippen LogP contribution is 2.27. The summed E-state index contributed by atoms with van der Waals surface area (Å²) in [7, 11) is 1.83. The summed E-state index contributed by atoms with van der Waals surface area (Å²) >= 11 is 1.93. The van der Waals surface area contributed by atoms with E-state index in [9.17, 15) is 9.59 Å². The summed E-state index contributed by atoms with van der Waals surface area (Å²) in [6, 6.07) is 10.2. The van der Waals surface area contributed by atoms with Gasteiger partial charge >= 0.3 is 6.03 Å². The Labute approximate surface area is 160 Å². The molecular weight excluding hydrogens is 346 g/mol. The van der Waals surface area contributed by atoms with Gasteiger partial charge in [-0.05, 0) is 31.2 Å². The van der Waals surface area contributed by atoms with Gasteiger partial charge in [0.05, 0.1) is 0 Å². The summed E-state index contributed by atoms with van der Waals surface area (Å²) < 4.78 is 0. The van der Waals surface area contributed by atoms with Gasteiger partial charge in [-0.15, -0.1) is 0 Å². The van der Waals surface area contributed by atoms with Gasteiger partial charge in [-0.2, -0.15) is 11.8 Å². The molecule has 5 nitrogen and oxygen atoms in total. The topological polar surface area (TPSA) is 52.7 Å². The molecule has 1 aromatic carbocycles. The van der Waals surface area contributed by atoms with Crippen LogP contribution >= 0.6 is 11.8 Å². The summed E-state index contributed by atoms with van der Waals surface area (Å²) in [6.07, 6.45) is 3.56. The van der Waals surface area contributed by atoms with Crippen molar-refractivity contribution in [1.82, 2.24) is 15.1 Å². The van der Waals surface area contributed by atoms with Crippen molar-refractivity contribution in [2.24, 2.45) is 5.92 Å². The van der Waals surface area contributed by atoms with Gasteiger partial charge in [0.1, 0.15) is 0 Å². The predicted octanol–water partition coefficient (Wildman–Crippen LogP) is 2.96. The fourth-order valence-electron chi connectivity index (χ4n) is 3.74. The molecule has 6 heteroatoms. The van der Waals surface area contributed by atoms with Crippen LogP contribution in [0.1, 0.15) is 31.2 Å². The lowest BCUT2D eigenvalue weighted by atomic mass is 9.85. The number of thioether (sulfide) groups is 1. The predicted molar refractivity (Wildman–Crippen MR) is 106 cm³/mol. The van der Waals surface area contributed by atoms with Crippen molar-refractivity contribution in [2.45, 2.75) is 38.3 Å². The van der Waals surface area contributed by atoms with Crippen LogP contribution in [0.3, 0.4) is 0 Å². The Bertz CT molecular complexity index is 596. The Kier molecular flexibility index (Phi) is 6.83. The number of rotatable bonds is 4. The van der Waals surface area contributed by atoms with Gasteiger partial charge in [0.15, 0.2) is 0 Å². The van der Waals surface area contributed by atoms with Crippen LogP contribution in [-0.4, -0.2) is 59.4 Å². The Balaban J connectivity index is 1.41. The van der Waals surface area contributed by atoms with E-state index in [1.807, 2.05) is 54.0 Å². The molecule has 1 aliphatic heterocycles. The number of amides is 3. The summed E-state index contributed by atoms with van der Waals surface area (Å²) in [4.78, 5) is 28.8. The Morgan fingerprint density at radius 2 is 1.77 bits per heavy atom. The van der Waals surface area contributed by atoms with Gasteiger partial charge in [-0.3, -0.25) is 4.79 Å². The maximum absolute atomic E-state index is 12.6. The molecular formula is C20H29N3O2S. The van der Waals surface area contributed by atoms with Gasteiger partial charge in [-0.1, -0.05) is 30.3 Å². The molecule has 1 heterocycles. The van der Waals surface area contributed by atoms with Crippen molar-refractivity contribution >= 4 is 23.7 Å². The lowest BCUT2D eigenvalue weighted by Crippen LogP contribution is -2.47. The molecule has 0 spiro atoms. The highest BCUT2D eigenvalue weighted by Gasteiger charge is 2.30. The second-order valence-corrected chi connectivity index (χ2v) is 8.50. The van der Waals surface area contributed by atoms with E-state index in [4.69, 9.17) is 0 Å². The second kappa shape index (κ2) is 9.31. The SMILES string of the molecule is CN(Cc1ccccc1)C(=O)NC1CCC(C(=O)N2CCSCC2)CC1. The first-order valence-electron chi connectivity index (χ1n) is 9.55. The van der Waals surface area contributed by atoms with Gasteiger partial charge in [-0.25, -0.2) is 4.79 Å². The second-order valence-electron chi connectivity index (χ2n) is 7.28. The molecule has 1 aliphatic carbocycles. The molecule has 142 valence electrons. The maximum atomic E-state index is 12.6. The number of carbonyl (C=O) groups excluding carboxylic acids is 2. The molecule has 1 saturated carbocycles. The van der Waals surface area contributed by atoms with E-state index >= 15 is 0 Å². The minimum absolute atomic E-state index is 0.0308. The smallest absolute Gasteiger partial charge is 0.317 e. The maximum Gasteiger partial charge on any atom is 0.317 e. The number of hydrogen-bond donors (Lipinski definition) is 1. The van der Waals surface area contributed by atoms with Gasteiger partial charge in [0.25, 0.3) is 0 Å². The highest BCUT2D eigenvalue weighted by atomic mass is 32.2. The van der Waals surface area contributed by atoms with Crippen molar-refractivity contribution in [3.8, 4) is 0 Å².